The number of aromatic nitrogens is 3. The topological polar surface area (TPSA) is 30.7 Å². The minimum atomic E-state index is 0.444. The van der Waals surface area contributed by atoms with Crippen LogP contribution in [0.15, 0.2) is 12.3 Å². The van der Waals surface area contributed by atoms with Crippen molar-refractivity contribution in [1.29, 1.82) is 0 Å². The number of alkyl halides is 1. The molecule has 19 heavy (non-hydrogen) atoms. The summed E-state index contributed by atoms with van der Waals surface area (Å²) in [5.41, 5.74) is 3.06. The molecule has 0 fully saturated rings. The van der Waals surface area contributed by atoms with E-state index in [0.29, 0.717) is 5.88 Å². The third-order valence-electron chi connectivity index (χ3n) is 3.33. The van der Waals surface area contributed by atoms with Gasteiger partial charge in [0.25, 0.3) is 0 Å². The van der Waals surface area contributed by atoms with E-state index in [4.69, 9.17) is 11.6 Å². The molecule has 0 saturated carbocycles. The van der Waals surface area contributed by atoms with Crippen molar-refractivity contribution in [2.45, 2.75) is 52.5 Å². The predicted octanol–water partition coefficient (Wildman–Crippen LogP) is 4.30. The van der Waals surface area contributed by atoms with Crippen LogP contribution in [0.1, 0.15) is 44.5 Å². The summed E-state index contributed by atoms with van der Waals surface area (Å²) < 4.78 is 2.17. The van der Waals surface area contributed by atoms with Crippen molar-refractivity contribution in [2.75, 3.05) is 0 Å². The first-order valence-corrected chi connectivity index (χ1v) is 7.53. The highest BCUT2D eigenvalue weighted by Gasteiger charge is 2.10. The van der Waals surface area contributed by atoms with Gasteiger partial charge in [-0.25, -0.2) is 9.97 Å². The third kappa shape index (κ3) is 3.47. The van der Waals surface area contributed by atoms with E-state index >= 15 is 0 Å². The van der Waals surface area contributed by atoms with Crippen molar-refractivity contribution in [3.63, 3.8) is 0 Å². The lowest BCUT2D eigenvalue weighted by Gasteiger charge is -2.08. The van der Waals surface area contributed by atoms with Gasteiger partial charge in [-0.15, -0.1) is 11.6 Å². The fourth-order valence-electron chi connectivity index (χ4n) is 2.32. The van der Waals surface area contributed by atoms with Crippen LogP contribution in [0.2, 0.25) is 0 Å². The Bertz CT molecular complexity index is 546. The Morgan fingerprint density at radius 3 is 2.79 bits per heavy atom. The van der Waals surface area contributed by atoms with Crippen molar-refractivity contribution < 1.29 is 0 Å². The van der Waals surface area contributed by atoms with Crippen molar-refractivity contribution in [3.8, 4) is 0 Å². The summed E-state index contributed by atoms with van der Waals surface area (Å²) in [5, 5.41) is 0. The smallest absolute Gasteiger partial charge is 0.160 e. The number of unbranched alkanes of at least 4 members (excludes halogenated alkanes) is 1. The Kier molecular flexibility index (Phi) is 4.81. The number of halogens is 1. The van der Waals surface area contributed by atoms with Crippen LogP contribution >= 0.6 is 11.6 Å². The van der Waals surface area contributed by atoms with Crippen LogP contribution in [0, 0.1) is 12.8 Å². The highest BCUT2D eigenvalue weighted by atomic mass is 35.5. The van der Waals surface area contributed by atoms with E-state index in [9.17, 15) is 0 Å². The summed E-state index contributed by atoms with van der Waals surface area (Å²) in [6.45, 7) is 7.53. The van der Waals surface area contributed by atoms with Crippen LogP contribution in [-0.4, -0.2) is 14.5 Å². The lowest BCUT2D eigenvalue weighted by atomic mass is 10.1. The van der Waals surface area contributed by atoms with Crippen LogP contribution < -0.4 is 0 Å². The van der Waals surface area contributed by atoms with E-state index in [1.54, 1.807) is 0 Å². The van der Waals surface area contributed by atoms with Crippen LogP contribution in [0.25, 0.3) is 11.2 Å². The Labute approximate surface area is 120 Å². The molecule has 4 heteroatoms. The number of hydrogen-bond acceptors (Lipinski definition) is 2. The number of aryl methyl sites for hydroxylation is 2. The van der Waals surface area contributed by atoms with Crippen LogP contribution in [0.3, 0.4) is 0 Å². The standard InChI is InChI=1S/C15H22ClN3/c1-11(2)6-4-5-7-19-14(9-16)18-13-8-12(3)10-17-15(13)19/h8,10-11H,4-7,9H2,1-3H3. The molecule has 0 saturated heterocycles. The van der Waals surface area contributed by atoms with Gasteiger partial charge >= 0.3 is 0 Å². The Hall–Kier alpha value is -1.09. The van der Waals surface area contributed by atoms with Crippen molar-refractivity contribution in [1.82, 2.24) is 14.5 Å². The van der Waals surface area contributed by atoms with Crippen LogP contribution in [0.4, 0.5) is 0 Å². The maximum atomic E-state index is 6.00. The average Bonchev–Trinajstić information content (AvgIpc) is 2.71. The van der Waals surface area contributed by atoms with E-state index in [1.807, 2.05) is 13.1 Å². The molecule has 0 aliphatic heterocycles. The number of rotatable bonds is 6. The van der Waals surface area contributed by atoms with Gasteiger partial charge in [-0.1, -0.05) is 26.7 Å². The summed E-state index contributed by atoms with van der Waals surface area (Å²) >= 11 is 6.00. The summed E-state index contributed by atoms with van der Waals surface area (Å²) in [4.78, 5) is 9.08. The normalized spacial score (nSPS) is 11.6. The van der Waals surface area contributed by atoms with Crippen molar-refractivity contribution >= 4 is 22.8 Å². The first-order chi connectivity index (χ1) is 9.11. The molecule has 2 heterocycles. The number of hydrogen-bond donors (Lipinski definition) is 0. The first kappa shape index (κ1) is 14.3. The largest absolute Gasteiger partial charge is 0.312 e. The van der Waals surface area contributed by atoms with Gasteiger partial charge in [0.15, 0.2) is 5.65 Å². The number of imidazole rings is 1. The molecule has 2 rings (SSSR count). The molecule has 2 aromatic rings. The summed E-state index contributed by atoms with van der Waals surface area (Å²) in [6.07, 6.45) is 5.57. The highest BCUT2D eigenvalue weighted by molar-refractivity contribution is 6.16. The maximum Gasteiger partial charge on any atom is 0.160 e. The first-order valence-electron chi connectivity index (χ1n) is 6.99. The second-order valence-corrected chi connectivity index (χ2v) is 5.83. The quantitative estimate of drug-likeness (QED) is 0.583. The fraction of sp³-hybridized carbons (Fsp3) is 0.600. The highest BCUT2D eigenvalue weighted by Crippen LogP contribution is 2.18. The Morgan fingerprint density at radius 2 is 2.11 bits per heavy atom. The molecule has 0 bridgehead atoms. The second kappa shape index (κ2) is 6.38. The predicted molar refractivity (Wildman–Crippen MR) is 80.5 cm³/mol. The summed E-state index contributed by atoms with van der Waals surface area (Å²) in [7, 11) is 0. The number of nitrogens with zero attached hydrogens (tertiary/aromatic N) is 3. The van der Waals surface area contributed by atoms with Gasteiger partial charge in [0.05, 0.1) is 5.88 Å². The fourth-order valence-corrected chi connectivity index (χ4v) is 2.52. The van der Waals surface area contributed by atoms with E-state index in [2.05, 4.69) is 34.4 Å². The van der Waals surface area contributed by atoms with Gasteiger partial charge in [-0.2, -0.15) is 0 Å². The lowest BCUT2D eigenvalue weighted by molar-refractivity contribution is 0.508. The second-order valence-electron chi connectivity index (χ2n) is 5.56. The average molecular weight is 280 g/mol. The Morgan fingerprint density at radius 1 is 1.32 bits per heavy atom. The molecule has 0 radical (unpaired) electrons. The van der Waals surface area contributed by atoms with Gasteiger partial charge in [-0.05, 0) is 30.9 Å². The molecule has 0 unspecified atom stereocenters. The SMILES string of the molecule is Cc1cnc2c(c1)nc(CCl)n2CCCCC(C)C. The van der Waals surface area contributed by atoms with Gasteiger partial charge in [-0.3, -0.25) is 0 Å². The molecule has 0 aliphatic rings. The van der Waals surface area contributed by atoms with E-state index in [1.165, 1.54) is 12.8 Å². The Balaban J connectivity index is 2.16. The minimum Gasteiger partial charge on any atom is -0.312 e. The molecule has 3 nitrogen and oxygen atoms in total. The molecule has 0 atom stereocenters. The number of pyridine rings is 1. The zero-order chi connectivity index (χ0) is 13.8. The molecule has 0 aromatic carbocycles. The zero-order valence-corrected chi connectivity index (χ0v) is 12.7. The molecule has 2 aromatic heterocycles. The van der Waals surface area contributed by atoms with Crippen LogP contribution in [0.5, 0.6) is 0 Å². The van der Waals surface area contributed by atoms with E-state index in [0.717, 1.165) is 41.4 Å². The maximum absolute atomic E-state index is 6.00. The van der Waals surface area contributed by atoms with E-state index in [-0.39, 0.29) is 0 Å². The van der Waals surface area contributed by atoms with E-state index < -0.39 is 0 Å². The van der Waals surface area contributed by atoms with Crippen LogP contribution in [-0.2, 0) is 12.4 Å². The summed E-state index contributed by atoms with van der Waals surface area (Å²) in [6, 6.07) is 2.07. The molecule has 0 aliphatic carbocycles. The summed E-state index contributed by atoms with van der Waals surface area (Å²) in [5.74, 6) is 2.15. The van der Waals surface area contributed by atoms with Gasteiger partial charge in [0, 0.05) is 12.7 Å². The molecule has 0 spiro atoms. The number of fused-ring (bicyclic) bond motifs is 1. The van der Waals surface area contributed by atoms with Gasteiger partial charge < -0.3 is 4.57 Å². The molecule has 0 N–H and O–H groups in total. The third-order valence-corrected chi connectivity index (χ3v) is 3.57. The molecule has 104 valence electrons. The monoisotopic (exact) mass is 279 g/mol. The zero-order valence-electron chi connectivity index (χ0n) is 12.0. The molecular weight excluding hydrogens is 258 g/mol. The molecular formula is C15H22ClN3. The molecule has 0 amide bonds. The van der Waals surface area contributed by atoms with Gasteiger partial charge in [0.2, 0.25) is 0 Å². The van der Waals surface area contributed by atoms with Crippen molar-refractivity contribution in [3.05, 3.63) is 23.7 Å². The van der Waals surface area contributed by atoms with Gasteiger partial charge in [0.1, 0.15) is 11.3 Å². The van der Waals surface area contributed by atoms with Crippen molar-refractivity contribution in [2.24, 2.45) is 5.92 Å². The lowest BCUT2D eigenvalue weighted by Crippen LogP contribution is -2.04. The minimum absolute atomic E-state index is 0.444.